The maximum Gasteiger partial charge on any atom is 0.253 e. The van der Waals surface area contributed by atoms with Gasteiger partial charge in [0.05, 0.1) is 5.60 Å². The monoisotopic (exact) mass is 438 g/mol. The SMILES string of the molecule is CC(C)CN1CCN(C2CCOC3(CCN(C(=O)c4ccc5cc[nH]c5c4)CC3)C2)CC1. The van der Waals surface area contributed by atoms with Crippen LogP contribution >= 0.6 is 0 Å². The van der Waals surface area contributed by atoms with Crippen LogP contribution in [0.2, 0.25) is 0 Å². The fourth-order valence-electron chi connectivity index (χ4n) is 5.97. The number of aromatic amines is 1. The molecular weight excluding hydrogens is 400 g/mol. The lowest BCUT2D eigenvalue weighted by molar-refractivity contribution is -0.132. The predicted molar refractivity (Wildman–Crippen MR) is 128 cm³/mol. The van der Waals surface area contributed by atoms with Gasteiger partial charge in [0.25, 0.3) is 5.91 Å². The summed E-state index contributed by atoms with van der Waals surface area (Å²) in [5.41, 5.74) is 1.76. The van der Waals surface area contributed by atoms with E-state index in [1.165, 1.54) is 32.7 Å². The molecule has 3 aliphatic rings. The normalized spacial score (nSPS) is 25.1. The van der Waals surface area contributed by atoms with E-state index in [9.17, 15) is 4.79 Å². The predicted octanol–water partition coefficient (Wildman–Crippen LogP) is 3.60. The lowest BCUT2D eigenvalue weighted by Gasteiger charge is -2.49. The summed E-state index contributed by atoms with van der Waals surface area (Å²) in [5.74, 6) is 0.885. The van der Waals surface area contributed by atoms with Crippen LogP contribution in [-0.2, 0) is 4.74 Å². The number of aromatic nitrogens is 1. The molecule has 6 nitrogen and oxygen atoms in total. The molecule has 1 unspecified atom stereocenters. The maximum atomic E-state index is 13.1. The first-order valence-electron chi connectivity index (χ1n) is 12.5. The summed E-state index contributed by atoms with van der Waals surface area (Å²) in [6, 6.07) is 8.63. The van der Waals surface area contributed by atoms with Crippen molar-refractivity contribution in [1.29, 1.82) is 0 Å². The number of piperazine rings is 1. The molecule has 1 amide bonds. The van der Waals surface area contributed by atoms with E-state index in [0.29, 0.717) is 6.04 Å². The molecule has 1 atom stereocenters. The second-order valence-corrected chi connectivity index (χ2v) is 10.5. The Hall–Kier alpha value is -1.89. The molecule has 0 aliphatic carbocycles. The summed E-state index contributed by atoms with van der Waals surface area (Å²) < 4.78 is 6.40. The van der Waals surface area contributed by atoms with Gasteiger partial charge in [-0.15, -0.1) is 0 Å². The minimum atomic E-state index is -0.0435. The molecule has 174 valence electrons. The minimum Gasteiger partial charge on any atom is -0.375 e. The highest BCUT2D eigenvalue weighted by Gasteiger charge is 2.43. The van der Waals surface area contributed by atoms with E-state index in [2.05, 4.69) is 28.6 Å². The molecule has 0 radical (unpaired) electrons. The molecule has 5 rings (SSSR count). The minimum absolute atomic E-state index is 0.0435. The Kier molecular flexibility index (Phi) is 6.28. The van der Waals surface area contributed by atoms with E-state index >= 15 is 0 Å². The lowest BCUT2D eigenvalue weighted by Crippen LogP contribution is -2.57. The number of hydrogen-bond acceptors (Lipinski definition) is 4. The summed E-state index contributed by atoms with van der Waals surface area (Å²) in [5, 5.41) is 1.14. The molecular formula is C26H38N4O2. The Morgan fingerprint density at radius 2 is 1.91 bits per heavy atom. The first kappa shape index (κ1) is 21.9. The van der Waals surface area contributed by atoms with Crippen molar-refractivity contribution in [1.82, 2.24) is 19.7 Å². The molecule has 1 aromatic heterocycles. The summed E-state index contributed by atoms with van der Waals surface area (Å²) in [7, 11) is 0. The number of fused-ring (bicyclic) bond motifs is 1. The van der Waals surface area contributed by atoms with E-state index < -0.39 is 0 Å². The van der Waals surface area contributed by atoms with Gasteiger partial charge in [0.1, 0.15) is 0 Å². The average Bonchev–Trinajstić information content (AvgIpc) is 3.27. The van der Waals surface area contributed by atoms with E-state index in [1.54, 1.807) is 0 Å². The third-order valence-electron chi connectivity index (χ3n) is 7.78. The number of carbonyl (C=O) groups excluding carboxylic acids is 1. The van der Waals surface area contributed by atoms with E-state index in [0.717, 1.165) is 67.8 Å². The number of carbonyl (C=O) groups is 1. The zero-order valence-corrected chi connectivity index (χ0v) is 19.7. The van der Waals surface area contributed by atoms with Crippen LogP contribution in [0.15, 0.2) is 30.5 Å². The average molecular weight is 439 g/mol. The third kappa shape index (κ3) is 4.59. The Bertz CT molecular complexity index is 923. The number of piperidine rings is 1. The second-order valence-electron chi connectivity index (χ2n) is 10.5. The summed E-state index contributed by atoms with van der Waals surface area (Å²) >= 11 is 0. The van der Waals surface area contributed by atoms with Crippen molar-refractivity contribution in [3.05, 3.63) is 36.0 Å². The molecule has 1 spiro atoms. The van der Waals surface area contributed by atoms with Gasteiger partial charge in [0.15, 0.2) is 0 Å². The quantitative estimate of drug-likeness (QED) is 0.793. The third-order valence-corrected chi connectivity index (χ3v) is 7.78. The number of rotatable bonds is 4. The van der Waals surface area contributed by atoms with Gasteiger partial charge in [-0.3, -0.25) is 9.69 Å². The molecule has 3 aliphatic heterocycles. The van der Waals surface area contributed by atoms with Crippen molar-refractivity contribution in [3.63, 3.8) is 0 Å². The second kappa shape index (κ2) is 9.16. The first-order chi connectivity index (χ1) is 15.5. The molecule has 3 saturated heterocycles. The number of ether oxygens (including phenoxy) is 1. The van der Waals surface area contributed by atoms with Crippen LogP contribution in [-0.4, -0.2) is 89.7 Å². The highest BCUT2D eigenvalue weighted by Crippen LogP contribution is 2.37. The van der Waals surface area contributed by atoms with Gasteiger partial charge >= 0.3 is 0 Å². The summed E-state index contributed by atoms with van der Waals surface area (Å²) in [6.07, 6.45) is 6.09. The smallest absolute Gasteiger partial charge is 0.253 e. The fourth-order valence-corrected chi connectivity index (χ4v) is 5.97. The molecule has 0 saturated carbocycles. The number of likely N-dealkylation sites (tertiary alicyclic amines) is 1. The summed E-state index contributed by atoms with van der Waals surface area (Å²) in [6.45, 7) is 13.0. The largest absolute Gasteiger partial charge is 0.375 e. The fraction of sp³-hybridized carbons (Fsp3) is 0.654. The van der Waals surface area contributed by atoms with Gasteiger partial charge in [-0.2, -0.15) is 0 Å². The van der Waals surface area contributed by atoms with Crippen molar-refractivity contribution in [2.24, 2.45) is 5.92 Å². The molecule has 32 heavy (non-hydrogen) atoms. The van der Waals surface area contributed by atoms with Crippen molar-refractivity contribution in [2.45, 2.75) is 51.2 Å². The number of benzene rings is 1. The molecule has 1 aromatic carbocycles. The van der Waals surface area contributed by atoms with Crippen LogP contribution in [0.3, 0.4) is 0 Å². The van der Waals surface area contributed by atoms with Crippen LogP contribution in [0, 0.1) is 5.92 Å². The number of amides is 1. The molecule has 2 aromatic rings. The van der Waals surface area contributed by atoms with E-state index in [1.807, 2.05) is 35.4 Å². The van der Waals surface area contributed by atoms with Crippen LogP contribution in [0.4, 0.5) is 0 Å². The van der Waals surface area contributed by atoms with Crippen molar-refractivity contribution < 1.29 is 9.53 Å². The highest BCUT2D eigenvalue weighted by atomic mass is 16.5. The number of nitrogens with zero attached hydrogens (tertiary/aromatic N) is 3. The Labute approximate surface area is 191 Å². The van der Waals surface area contributed by atoms with Gasteiger partial charge in [0.2, 0.25) is 0 Å². The van der Waals surface area contributed by atoms with E-state index in [4.69, 9.17) is 4.74 Å². The van der Waals surface area contributed by atoms with Crippen LogP contribution < -0.4 is 0 Å². The van der Waals surface area contributed by atoms with Gasteiger partial charge in [-0.1, -0.05) is 19.9 Å². The van der Waals surface area contributed by atoms with Crippen molar-refractivity contribution in [3.8, 4) is 0 Å². The topological polar surface area (TPSA) is 51.8 Å². The van der Waals surface area contributed by atoms with Gasteiger partial charge in [-0.05, 0) is 55.2 Å². The number of nitrogens with one attached hydrogen (secondary N) is 1. The molecule has 3 fully saturated rings. The lowest BCUT2D eigenvalue weighted by atomic mass is 9.81. The van der Waals surface area contributed by atoms with E-state index in [-0.39, 0.29) is 11.5 Å². The molecule has 1 N–H and O–H groups in total. The van der Waals surface area contributed by atoms with Crippen molar-refractivity contribution in [2.75, 3.05) is 52.4 Å². The highest BCUT2D eigenvalue weighted by molar-refractivity contribution is 5.98. The van der Waals surface area contributed by atoms with Crippen LogP contribution in [0.1, 0.15) is 49.9 Å². The zero-order chi connectivity index (χ0) is 22.1. The van der Waals surface area contributed by atoms with Gasteiger partial charge in [-0.25, -0.2) is 0 Å². The van der Waals surface area contributed by atoms with Gasteiger partial charge in [0, 0.05) is 75.7 Å². The first-order valence-corrected chi connectivity index (χ1v) is 12.5. The van der Waals surface area contributed by atoms with Crippen LogP contribution in [0.5, 0.6) is 0 Å². The maximum absolute atomic E-state index is 13.1. The standard InChI is InChI=1S/C26H38N4O2/c1-20(2)19-28-12-14-29(15-13-28)23-6-16-32-26(18-23)7-10-30(11-8-26)25(31)22-4-3-21-5-9-27-24(21)17-22/h3-5,9,17,20,23,27H,6-8,10-16,18-19H2,1-2H3. The number of hydrogen-bond donors (Lipinski definition) is 1. The molecule has 0 bridgehead atoms. The molecule has 6 heteroatoms. The zero-order valence-electron chi connectivity index (χ0n) is 19.7. The van der Waals surface area contributed by atoms with Crippen LogP contribution in [0.25, 0.3) is 10.9 Å². The van der Waals surface area contributed by atoms with Gasteiger partial charge < -0.3 is 19.5 Å². The summed E-state index contributed by atoms with van der Waals surface area (Å²) in [4.78, 5) is 23.7. The Morgan fingerprint density at radius 3 is 2.66 bits per heavy atom. The van der Waals surface area contributed by atoms with Crippen molar-refractivity contribution >= 4 is 16.8 Å². The molecule has 4 heterocycles. The number of H-pyrrole nitrogens is 1. The Balaban J connectivity index is 1.16. The Morgan fingerprint density at radius 1 is 1.12 bits per heavy atom.